The zero-order valence-corrected chi connectivity index (χ0v) is 15.7. The number of anilines is 1. The Morgan fingerprint density at radius 2 is 2.00 bits per heavy atom. The van der Waals surface area contributed by atoms with Crippen molar-refractivity contribution < 1.29 is 14.3 Å². The third kappa shape index (κ3) is 4.19. The van der Waals surface area contributed by atoms with Crippen molar-refractivity contribution >= 4 is 17.5 Å². The van der Waals surface area contributed by atoms with Gasteiger partial charge in [-0.05, 0) is 54.3 Å². The minimum atomic E-state index is -0.200. The molecule has 4 rings (SSSR count). The number of piperidine rings is 1. The molecule has 1 aromatic carbocycles. The van der Waals surface area contributed by atoms with E-state index >= 15 is 0 Å². The third-order valence-corrected chi connectivity index (χ3v) is 5.40. The number of carbonyl (C=O) groups excluding carboxylic acids is 2. The van der Waals surface area contributed by atoms with Gasteiger partial charge in [0.2, 0.25) is 11.8 Å². The SMILES string of the molecule is O=C(Nc1cccc(-n2cnnn2)c1)[C@@H]1CCCN(C(=O)C2CCOCC2)C1. The maximum Gasteiger partial charge on any atom is 0.229 e. The van der Waals surface area contributed by atoms with Crippen LogP contribution in [0.2, 0.25) is 0 Å². The van der Waals surface area contributed by atoms with Gasteiger partial charge in [-0.25, -0.2) is 4.68 Å². The zero-order chi connectivity index (χ0) is 19.3. The molecule has 9 heteroatoms. The summed E-state index contributed by atoms with van der Waals surface area (Å²) in [6, 6.07) is 7.36. The minimum absolute atomic E-state index is 0.0310. The van der Waals surface area contributed by atoms with E-state index in [2.05, 4.69) is 20.8 Å². The lowest BCUT2D eigenvalue weighted by atomic mass is 9.93. The van der Waals surface area contributed by atoms with Crippen LogP contribution in [0.4, 0.5) is 5.69 Å². The predicted molar refractivity (Wildman–Crippen MR) is 101 cm³/mol. The summed E-state index contributed by atoms with van der Waals surface area (Å²) in [5, 5.41) is 14.1. The molecule has 0 radical (unpaired) electrons. The average molecular weight is 384 g/mol. The van der Waals surface area contributed by atoms with Crippen LogP contribution < -0.4 is 5.32 Å². The number of tetrazole rings is 1. The van der Waals surface area contributed by atoms with Crippen molar-refractivity contribution in [2.24, 2.45) is 11.8 Å². The van der Waals surface area contributed by atoms with Gasteiger partial charge in [0.1, 0.15) is 6.33 Å². The molecule has 0 bridgehead atoms. The fourth-order valence-electron chi connectivity index (χ4n) is 3.84. The van der Waals surface area contributed by atoms with Gasteiger partial charge in [-0.15, -0.1) is 5.10 Å². The van der Waals surface area contributed by atoms with Crippen LogP contribution in [0.25, 0.3) is 5.69 Å². The Labute approximate surface area is 163 Å². The van der Waals surface area contributed by atoms with Gasteiger partial charge in [0.05, 0.1) is 11.6 Å². The Morgan fingerprint density at radius 1 is 1.14 bits per heavy atom. The molecule has 2 aromatic rings. The first-order chi connectivity index (χ1) is 13.7. The van der Waals surface area contributed by atoms with Gasteiger partial charge in [0.25, 0.3) is 0 Å². The second kappa shape index (κ2) is 8.47. The zero-order valence-electron chi connectivity index (χ0n) is 15.7. The van der Waals surface area contributed by atoms with Gasteiger partial charge in [0, 0.05) is 37.9 Å². The van der Waals surface area contributed by atoms with Gasteiger partial charge < -0.3 is 15.0 Å². The number of rotatable bonds is 4. The molecule has 0 saturated carbocycles. The monoisotopic (exact) mass is 384 g/mol. The summed E-state index contributed by atoms with van der Waals surface area (Å²) in [4.78, 5) is 27.4. The Balaban J connectivity index is 1.38. The number of nitrogens with zero attached hydrogens (tertiary/aromatic N) is 5. The van der Waals surface area contributed by atoms with E-state index in [0.717, 1.165) is 37.9 Å². The first-order valence-electron chi connectivity index (χ1n) is 9.71. The van der Waals surface area contributed by atoms with Crippen LogP contribution in [0.3, 0.4) is 0 Å². The maximum absolute atomic E-state index is 12.8. The highest BCUT2D eigenvalue weighted by Crippen LogP contribution is 2.24. The topological polar surface area (TPSA) is 102 Å². The first-order valence-corrected chi connectivity index (χ1v) is 9.71. The van der Waals surface area contributed by atoms with Gasteiger partial charge >= 0.3 is 0 Å². The molecular formula is C19H24N6O3. The van der Waals surface area contributed by atoms with E-state index in [1.54, 1.807) is 0 Å². The molecule has 148 valence electrons. The molecule has 2 saturated heterocycles. The van der Waals surface area contributed by atoms with Crippen molar-refractivity contribution in [2.45, 2.75) is 25.7 Å². The summed E-state index contributed by atoms with van der Waals surface area (Å²) in [5.74, 6) is -0.0578. The van der Waals surface area contributed by atoms with Gasteiger partial charge in [-0.2, -0.15) is 0 Å². The quantitative estimate of drug-likeness (QED) is 0.852. The Hall–Kier alpha value is -2.81. The molecule has 3 heterocycles. The molecule has 0 unspecified atom stereocenters. The highest BCUT2D eigenvalue weighted by Gasteiger charge is 2.32. The van der Waals surface area contributed by atoms with E-state index in [1.807, 2.05) is 29.2 Å². The normalized spacial score (nSPS) is 20.7. The smallest absolute Gasteiger partial charge is 0.229 e. The third-order valence-electron chi connectivity index (χ3n) is 5.40. The summed E-state index contributed by atoms with van der Waals surface area (Å²) in [5.41, 5.74) is 1.45. The number of aromatic nitrogens is 4. The van der Waals surface area contributed by atoms with Crippen LogP contribution in [-0.2, 0) is 14.3 Å². The first kappa shape index (κ1) is 18.5. The lowest BCUT2D eigenvalue weighted by Crippen LogP contribution is -2.46. The van der Waals surface area contributed by atoms with Crippen molar-refractivity contribution in [2.75, 3.05) is 31.6 Å². The second-order valence-electron chi connectivity index (χ2n) is 7.30. The Kier molecular flexibility index (Phi) is 5.61. The number of ether oxygens (including phenoxy) is 1. The number of nitrogens with one attached hydrogen (secondary N) is 1. The fourth-order valence-corrected chi connectivity index (χ4v) is 3.84. The van der Waals surface area contributed by atoms with Crippen LogP contribution in [0.5, 0.6) is 0 Å². The average Bonchev–Trinajstić information content (AvgIpc) is 3.29. The summed E-state index contributed by atoms with van der Waals surface area (Å²) >= 11 is 0. The number of amides is 2. The lowest BCUT2D eigenvalue weighted by Gasteiger charge is -2.35. The van der Waals surface area contributed by atoms with E-state index in [0.29, 0.717) is 25.4 Å². The van der Waals surface area contributed by atoms with E-state index in [-0.39, 0.29) is 23.7 Å². The summed E-state index contributed by atoms with van der Waals surface area (Å²) in [6.45, 7) is 2.50. The van der Waals surface area contributed by atoms with Crippen LogP contribution in [-0.4, -0.2) is 63.2 Å². The molecule has 28 heavy (non-hydrogen) atoms. The van der Waals surface area contributed by atoms with Crippen LogP contribution in [0.1, 0.15) is 25.7 Å². The summed E-state index contributed by atoms with van der Waals surface area (Å²) in [6.07, 6.45) is 4.68. The van der Waals surface area contributed by atoms with Gasteiger partial charge in [0.15, 0.2) is 0 Å². The molecule has 1 N–H and O–H groups in total. The maximum atomic E-state index is 12.8. The van der Waals surface area contributed by atoms with E-state index < -0.39 is 0 Å². The number of hydrogen-bond acceptors (Lipinski definition) is 6. The molecule has 2 aliphatic heterocycles. The van der Waals surface area contributed by atoms with Crippen LogP contribution in [0.15, 0.2) is 30.6 Å². The Morgan fingerprint density at radius 3 is 2.79 bits per heavy atom. The van der Waals surface area contributed by atoms with Crippen molar-refractivity contribution in [3.05, 3.63) is 30.6 Å². The van der Waals surface area contributed by atoms with Crippen molar-refractivity contribution in [3.63, 3.8) is 0 Å². The molecule has 2 amide bonds. The molecule has 0 aliphatic carbocycles. The van der Waals surface area contributed by atoms with Crippen molar-refractivity contribution in [3.8, 4) is 5.69 Å². The highest BCUT2D eigenvalue weighted by molar-refractivity contribution is 5.93. The summed E-state index contributed by atoms with van der Waals surface area (Å²) < 4.78 is 6.88. The highest BCUT2D eigenvalue weighted by atomic mass is 16.5. The van der Waals surface area contributed by atoms with Crippen LogP contribution >= 0.6 is 0 Å². The molecule has 9 nitrogen and oxygen atoms in total. The molecule has 0 spiro atoms. The molecule has 1 atom stereocenters. The van der Waals surface area contributed by atoms with E-state index in [9.17, 15) is 9.59 Å². The van der Waals surface area contributed by atoms with E-state index in [4.69, 9.17) is 4.74 Å². The molecule has 1 aromatic heterocycles. The number of benzene rings is 1. The van der Waals surface area contributed by atoms with Crippen molar-refractivity contribution in [1.29, 1.82) is 0 Å². The lowest BCUT2D eigenvalue weighted by molar-refractivity contribution is -0.141. The van der Waals surface area contributed by atoms with Gasteiger partial charge in [-0.1, -0.05) is 6.07 Å². The Bertz CT molecular complexity index is 819. The predicted octanol–water partition coefficient (Wildman–Crippen LogP) is 1.27. The minimum Gasteiger partial charge on any atom is -0.381 e. The van der Waals surface area contributed by atoms with Crippen molar-refractivity contribution in [1.82, 2.24) is 25.1 Å². The van der Waals surface area contributed by atoms with E-state index in [1.165, 1.54) is 11.0 Å². The number of likely N-dealkylation sites (tertiary alicyclic amines) is 1. The standard InChI is InChI=1S/C19H24N6O3/c26-18(21-16-4-1-5-17(11-16)25-13-20-22-23-25)15-3-2-8-24(12-15)19(27)14-6-9-28-10-7-14/h1,4-5,11,13-15H,2-3,6-10,12H2,(H,21,26)/t15-/m1/s1. The number of hydrogen-bond donors (Lipinski definition) is 1. The summed E-state index contributed by atoms with van der Waals surface area (Å²) in [7, 11) is 0. The van der Waals surface area contributed by atoms with Crippen LogP contribution in [0, 0.1) is 11.8 Å². The second-order valence-corrected chi connectivity index (χ2v) is 7.30. The molecular weight excluding hydrogens is 360 g/mol. The molecule has 2 aliphatic rings. The fraction of sp³-hybridized carbons (Fsp3) is 0.526. The molecule has 2 fully saturated rings. The largest absolute Gasteiger partial charge is 0.381 e. The van der Waals surface area contributed by atoms with Gasteiger partial charge in [-0.3, -0.25) is 9.59 Å². The number of carbonyl (C=O) groups is 2.